The molecule has 2 atom stereocenters. The Balaban J connectivity index is 1.85. The standard InChI is InChI=1S/C13H23N5O/c1-10-5-3-2-4-6-12(10)15-13(19)9-18-8-11(7-14)16-17-18/h8,10,12H,2-7,9,14H2,1H3,(H,15,19). The molecule has 1 aromatic rings. The Hall–Kier alpha value is -1.43. The summed E-state index contributed by atoms with van der Waals surface area (Å²) in [5, 5.41) is 10.9. The fourth-order valence-corrected chi connectivity index (χ4v) is 2.62. The molecule has 2 unspecified atom stereocenters. The van der Waals surface area contributed by atoms with Gasteiger partial charge < -0.3 is 11.1 Å². The van der Waals surface area contributed by atoms with E-state index in [4.69, 9.17) is 5.73 Å². The van der Waals surface area contributed by atoms with Crippen LogP contribution in [0, 0.1) is 5.92 Å². The number of aromatic nitrogens is 3. The molecule has 1 saturated carbocycles. The zero-order valence-electron chi connectivity index (χ0n) is 11.5. The fourth-order valence-electron chi connectivity index (χ4n) is 2.62. The Kier molecular flexibility index (Phi) is 4.90. The highest BCUT2D eigenvalue weighted by Gasteiger charge is 2.21. The molecule has 6 nitrogen and oxygen atoms in total. The summed E-state index contributed by atoms with van der Waals surface area (Å²) in [5.41, 5.74) is 6.17. The minimum Gasteiger partial charge on any atom is -0.351 e. The molecule has 2 rings (SSSR count). The average Bonchev–Trinajstić information content (AvgIpc) is 2.74. The second-order valence-corrected chi connectivity index (χ2v) is 5.40. The molecule has 0 saturated heterocycles. The quantitative estimate of drug-likeness (QED) is 0.789. The highest BCUT2D eigenvalue weighted by atomic mass is 16.2. The van der Waals surface area contributed by atoms with Crippen LogP contribution in [0.5, 0.6) is 0 Å². The molecule has 0 radical (unpaired) electrons. The summed E-state index contributed by atoms with van der Waals surface area (Å²) < 4.78 is 1.54. The first-order valence-electron chi connectivity index (χ1n) is 7.07. The van der Waals surface area contributed by atoms with E-state index in [9.17, 15) is 4.79 Å². The van der Waals surface area contributed by atoms with E-state index in [-0.39, 0.29) is 12.5 Å². The summed E-state index contributed by atoms with van der Waals surface area (Å²) in [6.07, 6.45) is 7.76. The summed E-state index contributed by atoms with van der Waals surface area (Å²) in [4.78, 5) is 12.0. The first-order chi connectivity index (χ1) is 9.19. The maximum absolute atomic E-state index is 12.0. The van der Waals surface area contributed by atoms with Crippen molar-refractivity contribution >= 4 is 5.91 Å². The van der Waals surface area contributed by atoms with Crippen LogP contribution >= 0.6 is 0 Å². The van der Waals surface area contributed by atoms with Crippen molar-refractivity contribution in [2.75, 3.05) is 0 Å². The summed E-state index contributed by atoms with van der Waals surface area (Å²) in [5.74, 6) is 0.564. The molecular weight excluding hydrogens is 242 g/mol. The SMILES string of the molecule is CC1CCCCCC1NC(=O)Cn1cc(CN)nn1. The van der Waals surface area contributed by atoms with Gasteiger partial charge in [0, 0.05) is 12.6 Å². The minimum absolute atomic E-state index is 0.00669. The molecule has 6 heteroatoms. The molecule has 1 heterocycles. The van der Waals surface area contributed by atoms with Crippen molar-refractivity contribution in [2.45, 2.75) is 58.2 Å². The molecule has 0 aromatic carbocycles. The summed E-state index contributed by atoms with van der Waals surface area (Å²) in [7, 11) is 0. The van der Waals surface area contributed by atoms with Crippen molar-refractivity contribution in [3.8, 4) is 0 Å². The number of carbonyl (C=O) groups excluding carboxylic acids is 1. The third kappa shape index (κ3) is 4.02. The van der Waals surface area contributed by atoms with Crippen LogP contribution in [0.4, 0.5) is 0 Å². The molecule has 1 aliphatic rings. The van der Waals surface area contributed by atoms with Crippen LogP contribution in [0.15, 0.2) is 6.20 Å². The number of hydrogen-bond donors (Lipinski definition) is 2. The van der Waals surface area contributed by atoms with E-state index >= 15 is 0 Å². The Labute approximate surface area is 113 Å². The van der Waals surface area contributed by atoms with Crippen LogP contribution in [0.2, 0.25) is 0 Å². The fraction of sp³-hybridized carbons (Fsp3) is 0.769. The highest BCUT2D eigenvalue weighted by molar-refractivity contribution is 5.75. The summed E-state index contributed by atoms with van der Waals surface area (Å²) in [6.45, 7) is 2.79. The first-order valence-corrected chi connectivity index (χ1v) is 7.07. The molecule has 1 fully saturated rings. The van der Waals surface area contributed by atoms with Gasteiger partial charge in [-0.05, 0) is 18.8 Å². The van der Waals surface area contributed by atoms with Gasteiger partial charge in [0.25, 0.3) is 0 Å². The van der Waals surface area contributed by atoms with Gasteiger partial charge in [-0.2, -0.15) is 0 Å². The predicted octanol–water partition coefficient (Wildman–Crippen LogP) is 0.822. The Bertz CT molecular complexity index is 417. The van der Waals surface area contributed by atoms with Gasteiger partial charge in [0.2, 0.25) is 5.91 Å². The average molecular weight is 265 g/mol. The van der Waals surface area contributed by atoms with Crippen LogP contribution in [0.1, 0.15) is 44.7 Å². The minimum atomic E-state index is 0.00669. The molecule has 0 spiro atoms. The maximum atomic E-state index is 12.0. The van der Waals surface area contributed by atoms with Gasteiger partial charge in [0.15, 0.2) is 0 Å². The zero-order valence-corrected chi connectivity index (χ0v) is 11.5. The third-order valence-corrected chi connectivity index (χ3v) is 3.81. The van der Waals surface area contributed by atoms with Gasteiger partial charge in [-0.1, -0.05) is 31.4 Å². The Morgan fingerprint density at radius 2 is 2.26 bits per heavy atom. The molecular formula is C13H23N5O. The van der Waals surface area contributed by atoms with Gasteiger partial charge >= 0.3 is 0 Å². The molecule has 0 aliphatic heterocycles. The van der Waals surface area contributed by atoms with E-state index in [0.29, 0.717) is 24.2 Å². The lowest BCUT2D eigenvalue weighted by Gasteiger charge is -2.22. The molecule has 106 valence electrons. The van der Waals surface area contributed by atoms with Gasteiger partial charge in [0.1, 0.15) is 6.54 Å². The smallest absolute Gasteiger partial charge is 0.242 e. The van der Waals surface area contributed by atoms with E-state index in [2.05, 4.69) is 22.6 Å². The van der Waals surface area contributed by atoms with Crippen LogP contribution in [0.25, 0.3) is 0 Å². The molecule has 3 N–H and O–H groups in total. The first kappa shape index (κ1) is 14.0. The number of nitrogens with zero attached hydrogens (tertiary/aromatic N) is 3. The molecule has 1 amide bonds. The van der Waals surface area contributed by atoms with Crippen molar-refractivity contribution in [1.82, 2.24) is 20.3 Å². The largest absolute Gasteiger partial charge is 0.351 e. The van der Waals surface area contributed by atoms with Gasteiger partial charge in [-0.3, -0.25) is 4.79 Å². The van der Waals surface area contributed by atoms with E-state index < -0.39 is 0 Å². The van der Waals surface area contributed by atoms with Gasteiger partial charge in [0.05, 0.1) is 11.9 Å². The number of hydrogen-bond acceptors (Lipinski definition) is 4. The Morgan fingerprint density at radius 1 is 1.47 bits per heavy atom. The van der Waals surface area contributed by atoms with Crippen molar-refractivity contribution in [2.24, 2.45) is 11.7 Å². The number of amides is 1. The van der Waals surface area contributed by atoms with Crippen LogP contribution in [-0.4, -0.2) is 26.9 Å². The summed E-state index contributed by atoms with van der Waals surface area (Å²) >= 11 is 0. The lowest BCUT2D eigenvalue weighted by molar-refractivity contribution is -0.123. The Morgan fingerprint density at radius 3 is 3.00 bits per heavy atom. The topological polar surface area (TPSA) is 85.8 Å². The number of rotatable bonds is 4. The monoisotopic (exact) mass is 265 g/mol. The second-order valence-electron chi connectivity index (χ2n) is 5.40. The molecule has 1 aliphatic carbocycles. The van der Waals surface area contributed by atoms with Crippen LogP contribution in [0.3, 0.4) is 0 Å². The van der Waals surface area contributed by atoms with Crippen molar-refractivity contribution in [3.63, 3.8) is 0 Å². The highest BCUT2D eigenvalue weighted by Crippen LogP contribution is 2.22. The normalized spacial score (nSPS) is 23.9. The maximum Gasteiger partial charge on any atom is 0.242 e. The lowest BCUT2D eigenvalue weighted by atomic mass is 9.97. The molecule has 1 aromatic heterocycles. The second kappa shape index (κ2) is 6.65. The van der Waals surface area contributed by atoms with Gasteiger partial charge in [-0.15, -0.1) is 5.10 Å². The zero-order chi connectivity index (χ0) is 13.7. The van der Waals surface area contributed by atoms with Crippen LogP contribution < -0.4 is 11.1 Å². The predicted molar refractivity (Wildman–Crippen MR) is 72.1 cm³/mol. The number of carbonyl (C=O) groups is 1. The van der Waals surface area contributed by atoms with Crippen LogP contribution in [-0.2, 0) is 17.9 Å². The van der Waals surface area contributed by atoms with Gasteiger partial charge in [-0.25, -0.2) is 4.68 Å². The van der Waals surface area contributed by atoms with Crippen molar-refractivity contribution in [3.05, 3.63) is 11.9 Å². The molecule has 0 bridgehead atoms. The van der Waals surface area contributed by atoms with E-state index in [1.807, 2.05) is 0 Å². The summed E-state index contributed by atoms with van der Waals surface area (Å²) in [6, 6.07) is 0.299. The van der Waals surface area contributed by atoms with Crippen molar-refractivity contribution in [1.29, 1.82) is 0 Å². The van der Waals surface area contributed by atoms with E-state index in [0.717, 1.165) is 6.42 Å². The number of nitrogens with one attached hydrogen (secondary N) is 1. The molecule has 19 heavy (non-hydrogen) atoms. The lowest BCUT2D eigenvalue weighted by Crippen LogP contribution is -2.40. The number of nitrogens with two attached hydrogens (primary N) is 1. The van der Waals surface area contributed by atoms with E-state index in [1.54, 1.807) is 10.9 Å². The van der Waals surface area contributed by atoms with Crippen molar-refractivity contribution < 1.29 is 4.79 Å². The third-order valence-electron chi connectivity index (χ3n) is 3.81. The van der Waals surface area contributed by atoms with E-state index in [1.165, 1.54) is 25.7 Å².